The molecule has 0 saturated carbocycles. The molecule has 38 heavy (non-hydrogen) atoms. The predicted molar refractivity (Wildman–Crippen MR) is 141 cm³/mol. The van der Waals surface area contributed by atoms with Crippen LogP contribution in [0.4, 0.5) is 15.3 Å². The van der Waals surface area contributed by atoms with E-state index in [-0.39, 0.29) is 6.61 Å². The molecule has 0 radical (unpaired) electrons. The molecule has 1 heterocycles. The summed E-state index contributed by atoms with van der Waals surface area (Å²) in [6.07, 6.45) is -4.08. The van der Waals surface area contributed by atoms with Crippen LogP contribution in [0, 0.1) is 0 Å². The molecule has 1 aliphatic rings. The molecule has 0 aromatic heterocycles. The lowest BCUT2D eigenvalue weighted by atomic mass is 10.1. The number of hydrazine groups is 1. The Labute approximate surface area is 224 Å². The van der Waals surface area contributed by atoms with E-state index in [0.29, 0.717) is 17.0 Å². The second-order valence-electron chi connectivity index (χ2n) is 10.7. The zero-order chi connectivity index (χ0) is 28.3. The maximum absolute atomic E-state index is 13.8. The number of amides is 2. The van der Waals surface area contributed by atoms with Crippen LogP contribution in [-0.2, 0) is 19.0 Å². The van der Waals surface area contributed by atoms with Crippen molar-refractivity contribution in [3.8, 4) is 5.75 Å². The van der Waals surface area contributed by atoms with Gasteiger partial charge in [0.2, 0.25) is 6.17 Å². The summed E-state index contributed by atoms with van der Waals surface area (Å²) in [5.41, 5.74) is -0.626. The van der Waals surface area contributed by atoms with Crippen molar-refractivity contribution in [2.75, 3.05) is 18.6 Å². The zero-order valence-electron chi connectivity index (χ0n) is 23.3. The molecule has 10 nitrogen and oxygen atoms in total. The summed E-state index contributed by atoms with van der Waals surface area (Å²) in [7, 11) is 1.55. The van der Waals surface area contributed by atoms with Gasteiger partial charge in [-0.1, -0.05) is 30.3 Å². The monoisotopic (exact) mass is 527 g/mol. The highest BCUT2D eigenvalue weighted by Crippen LogP contribution is 2.43. The van der Waals surface area contributed by atoms with E-state index in [1.807, 2.05) is 6.07 Å². The smallest absolute Gasteiger partial charge is 0.432 e. The molecule has 10 heteroatoms. The third-order valence-electron chi connectivity index (χ3n) is 5.35. The average Bonchev–Trinajstić information content (AvgIpc) is 3.19. The van der Waals surface area contributed by atoms with E-state index in [2.05, 4.69) is 0 Å². The van der Waals surface area contributed by atoms with Crippen molar-refractivity contribution < 1.29 is 33.3 Å². The Balaban J connectivity index is 2.31. The number of carbonyl (C=O) groups excluding carboxylic acids is 3. The van der Waals surface area contributed by atoms with Gasteiger partial charge in [-0.05, 0) is 78.3 Å². The fourth-order valence-corrected chi connectivity index (χ4v) is 3.99. The number of esters is 1. The van der Waals surface area contributed by atoms with Crippen LogP contribution >= 0.6 is 0 Å². The van der Waals surface area contributed by atoms with Crippen LogP contribution in [0.5, 0.6) is 5.75 Å². The number of para-hydroxylation sites is 1. The van der Waals surface area contributed by atoms with Gasteiger partial charge in [0.05, 0.1) is 13.7 Å². The third-order valence-corrected chi connectivity index (χ3v) is 5.35. The van der Waals surface area contributed by atoms with Crippen LogP contribution in [0.15, 0.2) is 54.6 Å². The summed E-state index contributed by atoms with van der Waals surface area (Å²) in [6, 6.07) is 16.0. The quantitative estimate of drug-likeness (QED) is 0.372. The Kier molecular flexibility index (Phi) is 8.44. The van der Waals surface area contributed by atoms with Crippen molar-refractivity contribution >= 4 is 23.8 Å². The molecule has 0 unspecified atom stereocenters. The highest BCUT2D eigenvalue weighted by molar-refractivity contribution is 5.88. The molecule has 2 aromatic carbocycles. The zero-order valence-corrected chi connectivity index (χ0v) is 23.3. The molecular weight excluding hydrogens is 490 g/mol. The highest BCUT2D eigenvalue weighted by Gasteiger charge is 2.57. The molecule has 1 aliphatic heterocycles. The molecule has 1 saturated heterocycles. The van der Waals surface area contributed by atoms with Gasteiger partial charge < -0.3 is 23.8 Å². The number of anilines is 1. The van der Waals surface area contributed by atoms with Crippen LogP contribution in [0.2, 0.25) is 0 Å². The first-order chi connectivity index (χ1) is 17.8. The van der Waals surface area contributed by atoms with Crippen LogP contribution in [0.3, 0.4) is 0 Å². The van der Waals surface area contributed by atoms with Crippen molar-refractivity contribution in [2.45, 2.75) is 72.0 Å². The minimum absolute atomic E-state index is 0.0692. The molecule has 0 N–H and O–H groups in total. The lowest BCUT2D eigenvalue weighted by molar-refractivity contribution is -0.151. The lowest BCUT2D eigenvalue weighted by Crippen LogP contribution is -2.55. The first kappa shape index (κ1) is 28.6. The van der Waals surface area contributed by atoms with Gasteiger partial charge in [-0.2, -0.15) is 10.0 Å². The minimum Gasteiger partial charge on any atom is -0.497 e. The Morgan fingerprint density at radius 3 is 1.79 bits per heavy atom. The maximum atomic E-state index is 13.8. The summed E-state index contributed by atoms with van der Waals surface area (Å²) in [4.78, 5) is 42.7. The molecule has 2 amide bonds. The van der Waals surface area contributed by atoms with Gasteiger partial charge in [-0.15, -0.1) is 0 Å². The molecular formula is C28H37N3O7. The number of carbonyl (C=O) groups is 3. The predicted octanol–water partition coefficient (Wildman–Crippen LogP) is 5.49. The van der Waals surface area contributed by atoms with Gasteiger partial charge in [0.15, 0.2) is 6.17 Å². The van der Waals surface area contributed by atoms with Crippen LogP contribution in [0.1, 0.15) is 60.2 Å². The number of nitrogens with zero attached hydrogens (tertiary/aromatic N) is 3. The van der Waals surface area contributed by atoms with Crippen LogP contribution in [0.25, 0.3) is 0 Å². The SMILES string of the molecule is CCOC(=O)[C@@H]1N(c2ccccc2)[C@@H](c2ccc(OC)cc2)N(C(=O)OC(C)(C)C)N1C(=O)OC(C)(C)C. The number of methoxy groups -OCH3 is 1. The summed E-state index contributed by atoms with van der Waals surface area (Å²) in [5.74, 6) is -0.125. The summed E-state index contributed by atoms with van der Waals surface area (Å²) < 4.78 is 22.1. The van der Waals surface area contributed by atoms with E-state index in [0.717, 1.165) is 10.0 Å². The average molecular weight is 528 g/mol. The van der Waals surface area contributed by atoms with E-state index in [9.17, 15) is 14.4 Å². The van der Waals surface area contributed by atoms with Gasteiger partial charge in [0.25, 0.3) is 0 Å². The fraction of sp³-hybridized carbons (Fsp3) is 0.464. The van der Waals surface area contributed by atoms with Crippen molar-refractivity contribution in [3.05, 3.63) is 60.2 Å². The van der Waals surface area contributed by atoms with Crippen molar-refractivity contribution in [2.24, 2.45) is 0 Å². The second kappa shape index (κ2) is 11.2. The van der Waals surface area contributed by atoms with Crippen LogP contribution < -0.4 is 9.64 Å². The number of rotatable bonds is 5. The number of hydrogen-bond acceptors (Lipinski definition) is 8. The third kappa shape index (κ3) is 6.48. The highest BCUT2D eigenvalue weighted by atomic mass is 16.6. The Hall–Kier alpha value is -3.95. The van der Waals surface area contributed by atoms with Crippen molar-refractivity contribution in [3.63, 3.8) is 0 Å². The van der Waals surface area contributed by atoms with E-state index in [1.54, 1.807) is 109 Å². The number of benzene rings is 2. The summed E-state index contributed by atoms with van der Waals surface area (Å²) in [5, 5.41) is 2.11. The lowest BCUT2D eigenvalue weighted by Gasteiger charge is -2.34. The van der Waals surface area contributed by atoms with E-state index < -0.39 is 41.7 Å². The van der Waals surface area contributed by atoms with Gasteiger partial charge in [-0.25, -0.2) is 14.4 Å². The first-order valence-electron chi connectivity index (χ1n) is 12.5. The van der Waals surface area contributed by atoms with Crippen LogP contribution in [-0.4, -0.2) is 59.3 Å². The Morgan fingerprint density at radius 2 is 1.32 bits per heavy atom. The van der Waals surface area contributed by atoms with Gasteiger partial charge >= 0.3 is 18.2 Å². The largest absolute Gasteiger partial charge is 0.497 e. The second-order valence-corrected chi connectivity index (χ2v) is 10.7. The molecule has 0 spiro atoms. The van der Waals surface area contributed by atoms with Gasteiger partial charge in [0, 0.05) is 5.69 Å². The normalized spacial score (nSPS) is 17.7. The molecule has 0 bridgehead atoms. The van der Waals surface area contributed by atoms with Crippen molar-refractivity contribution in [1.29, 1.82) is 0 Å². The maximum Gasteiger partial charge on any atom is 0.432 e. The fourth-order valence-electron chi connectivity index (χ4n) is 3.99. The van der Waals surface area contributed by atoms with Gasteiger partial charge in [0.1, 0.15) is 17.0 Å². The molecule has 2 aromatic rings. The van der Waals surface area contributed by atoms with Gasteiger partial charge in [-0.3, -0.25) is 0 Å². The standard InChI is InChI=1S/C28H37N3O7/c1-9-36-24(32)23-29(20-13-11-10-12-14-20)22(19-15-17-21(35-8)18-16-19)30(25(33)37-27(2,3)4)31(23)26(34)38-28(5,6)7/h10-18,22-23H,9H2,1-8H3/t22-,23-/m1/s1. The molecule has 0 aliphatic carbocycles. The van der Waals surface area contributed by atoms with E-state index in [1.165, 1.54) is 0 Å². The minimum atomic E-state index is -1.37. The summed E-state index contributed by atoms with van der Waals surface area (Å²) in [6.45, 7) is 12.0. The molecule has 1 fully saturated rings. The van der Waals surface area contributed by atoms with E-state index in [4.69, 9.17) is 18.9 Å². The Morgan fingerprint density at radius 1 is 0.789 bits per heavy atom. The molecule has 206 valence electrons. The van der Waals surface area contributed by atoms with E-state index >= 15 is 0 Å². The first-order valence-corrected chi connectivity index (χ1v) is 12.5. The molecule has 2 atom stereocenters. The number of ether oxygens (including phenoxy) is 4. The Bertz CT molecular complexity index is 1120. The number of hydrogen-bond donors (Lipinski definition) is 0. The topological polar surface area (TPSA) is 97.9 Å². The molecule has 3 rings (SSSR count). The van der Waals surface area contributed by atoms with Crippen molar-refractivity contribution in [1.82, 2.24) is 10.0 Å². The summed E-state index contributed by atoms with van der Waals surface area (Å²) >= 11 is 0.